The quantitative estimate of drug-likeness (QED) is 0.751. The first-order chi connectivity index (χ1) is 5.75. The second-order valence-electron chi connectivity index (χ2n) is 2.94. The zero-order valence-electron chi connectivity index (χ0n) is 7.29. The van der Waals surface area contributed by atoms with E-state index in [0.29, 0.717) is 0 Å². The Hall–Kier alpha value is -0.380. The maximum absolute atomic E-state index is 8.63. The average molecular weight is 185 g/mol. The Bertz CT molecular complexity index is 234. The molecule has 1 rings (SSSR count). The number of aliphatic hydroxyl groups excluding tert-OH is 1. The minimum absolute atomic E-state index is 0.108. The van der Waals surface area contributed by atoms with Gasteiger partial charge in [-0.3, -0.25) is 0 Å². The summed E-state index contributed by atoms with van der Waals surface area (Å²) >= 11 is 1.70. The van der Waals surface area contributed by atoms with E-state index in [2.05, 4.69) is 18.4 Å². The normalized spacial score (nSPS) is 13.2. The van der Waals surface area contributed by atoms with Crippen molar-refractivity contribution in [3.05, 3.63) is 21.9 Å². The molecule has 0 fully saturated rings. The highest BCUT2D eigenvalue weighted by molar-refractivity contribution is 7.10. The lowest BCUT2D eigenvalue weighted by Gasteiger charge is -2.09. The van der Waals surface area contributed by atoms with Crippen molar-refractivity contribution in [2.24, 2.45) is 5.73 Å². The number of hydrogen-bond acceptors (Lipinski definition) is 3. The predicted octanol–water partition coefficient (Wildman–Crippen LogP) is 1.83. The van der Waals surface area contributed by atoms with Gasteiger partial charge in [0.2, 0.25) is 0 Å². The SMILES string of the molecule is Cc1ccsc1[C@@H](N)CCCO. The van der Waals surface area contributed by atoms with E-state index < -0.39 is 0 Å². The maximum atomic E-state index is 8.63. The van der Waals surface area contributed by atoms with Crippen LogP contribution in [0.15, 0.2) is 11.4 Å². The number of aliphatic hydroxyl groups is 1. The largest absolute Gasteiger partial charge is 0.396 e. The van der Waals surface area contributed by atoms with E-state index in [-0.39, 0.29) is 12.6 Å². The molecule has 3 N–H and O–H groups in total. The maximum Gasteiger partial charge on any atom is 0.0431 e. The predicted molar refractivity (Wildman–Crippen MR) is 52.3 cm³/mol. The first-order valence-corrected chi connectivity index (χ1v) is 5.04. The van der Waals surface area contributed by atoms with Crippen molar-refractivity contribution in [3.8, 4) is 0 Å². The van der Waals surface area contributed by atoms with Crippen LogP contribution in [0.2, 0.25) is 0 Å². The second kappa shape index (κ2) is 4.60. The van der Waals surface area contributed by atoms with Crippen LogP contribution in [0, 0.1) is 6.92 Å². The Morgan fingerprint density at radius 3 is 2.92 bits per heavy atom. The van der Waals surface area contributed by atoms with Crippen LogP contribution in [0.3, 0.4) is 0 Å². The van der Waals surface area contributed by atoms with Crippen LogP contribution in [-0.2, 0) is 0 Å². The smallest absolute Gasteiger partial charge is 0.0431 e. The van der Waals surface area contributed by atoms with Gasteiger partial charge < -0.3 is 10.8 Å². The molecule has 0 aliphatic carbocycles. The molecule has 0 saturated heterocycles. The van der Waals surface area contributed by atoms with Gasteiger partial charge in [0.25, 0.3) is 0 Å². The minimum atomic E-state index is 0.108. The van der Waals surface area contributed by atoms with E-state index in [0.717, 1.165) is 12.8 Å². The molecule has 0 aromatic carbocycles. The number of rotatable bonds is 4. The summed E-state index contributed by atoms with van der Waals surface area (Å²) in [5.74, 6) is 0. The van der Waals surface area contributed by atoms with Crippen molar-refractivity contribution in [2.75, 3.05) is 6.61 Å². The molecule has 68 valence electrons. The van der Waals surface area contributed by atoms with Crippen LogP contribution in [0.5, 0.6) is 0 Å². The first kappa shape index (κ1) is 9.71. The Morgan fingerprint density at radius 1 is 1.67 bits per heavy atom. The fourth-order valence-electron chi connectivity index (χ4n) is 1.21. The van der Waals surface area contributed by atoms with Gasteiger partial charge in [-0.15, -0.1) is 11.3 Å². The van der Waals surface area contributed by atoms with E-state index in [9.17, 15) is 0 Å². The van der Waals surface area contributed by atoms with Crippen molar-refractivity contribution < 1.29 is 5.11 Å². The summed E-state index contributed by atoms with van der Waals surface area (Å²) in [7, 11) is 0. The van der Waals surface area contributed by atoms with Gasteiger partial charge in [-0.2, -0.15) is 0 Å². The van der Waals surface area contributed by atoms with Crippen LogP contribution in [0.4, 0.5) is 0 Å². The molecule has 1 aromatic rings. The summed E-state index contributed by atoms with van der Waals surface area (Å²) in [6.07, 6.45) is 1.66. The Balaban J connectivity index is 2.52. The van der Waals surface area contributed by atoms with Crippen molar-refractivity contribution in [2.45, 2.75) is 25.8 Å². The Kier molecular flexibility index (Phi) is 3.72. The van der Waals surface area contributed by atoms with E-state index in [1.165, 1.54) is 10.4 Å². The van der Waals surface area contributed by atoms with Gasteiger partial charge >= 0.3 is 0 Å². The molecule has 2 nitrogen and oxygen atoms in total. The lowest BCUT2D eigenvalue weighted by molar-refractivity contribution is 0.280. The summed E-state index contributed by atoms with van der Waals surface area (Å²) in [6.45, 7) is 2.31. The fraction of sp³-hybridized carbons (Fsp3) is 0.556. The van der Waals surface area contributed by atoms with Gasteiger partial charge in [0.1, 0.15) is 0 Å². The molecule has 1 atom stereocenters. The molecule has 12 heavy (non-hydrogen) atoms. The van der Waals surface area contributed by atoms with Crippen LogP contribution in [0.25, 0.3) is 0 Å². The lowest BCUT2D eigenvalue weighted by atomic mass is 10.1. The molecule has 0 bridgehead atoms. The first-order valence-electron chi connectivity index (χ1n) is 4.16. The van der Waals surface area contributed by atoms with Crippen molar-refractivity contribution in [1.82, 2.24) is 0 Å². The molecule has 0 spiro atoms. The summed E-state index contributed by atoms with van der Waals surface area (Å²) in [5, 5.41) is 10.7. The highest BCUT2D eigenvalue weighted by atomic mass is 32.1. The molecule has 0 radical (unpaired) electrons. The summed E-state index contributed by atoms with van der Waals surface area (Å²) < 4.78 is 0. The molecule has 1 heterocycles. The second-order valence-corrected chi connectivity index (χ2v) is 3.89. The molecule has 0 unspecified atom stereocenters. The number of nitrogens with two attached hydrogens (primary N) is 1. The molecule has 0 saturated carbocycles. The van der Waals surface area contributed by atoms with Gasteiger partial charge in [-0.1, -0.05) is 0 Å². The van der Waals surface area contributed by atoms with Gasteiger partial charge in [0.05, 0.1) is 0 Å². The van der Waals surface area contributed by atoms with E-state index in [1.807, 2.05) is 0 Å². The van der Waals surface area contributed by atoms with Crippen LogP contribution in [0.1, 0.15) is 29.3 Å². The minimum Gasteiger partial charge on any atom is -0.396 e. The van der Waals surface area contributed by atoms with Crippen molar-refractivity contribution >= 4 is 11.3 Å². The third-order valence-electron chi connectivity index (χ3n) is 1.91. The molecule has 3 heteroatoms. The van der Waals surface area contributed by atoms with E-state index in [4.69, 9.17) is 10.8 Å². The van der Waals surface area contributed by atoms with Crippen LogP contribution < -0.4 is 5.73 Å². The number of aryl methyl sites for hydroxylation is 1. The zero-order valence-corrected chi connectivity index (χ0v) is 8.10. The highest BCUT2D eigenvalue weighted by Gasteiger charge is 2.08. The number of hydrogen-bond donors (Lipinski definition) is 2. The Labute approximate surface area is 77.0 Å². The van der Waals surface area contributed by atoms with Crippen LogP contribution in [-0.4, -0.2) is 11.7 Å². The van der Waals surface area contributed by atoms with E-state index >= 15 is 0 Å². The molecule has 0 aliphatic rings. The summed E-state index contributed by atoms with van der Waals surface area (Å²) in [5.41, 5.74) is 7.19. The zero-order chi connectivity index (χ0) is 8.97. The molecular formula is C9H15NOS. The topological polar surface area (TPSA) is 46.2 Å². The standard InChI is InChI=1S/C9H15NOS/c1-7-4-6-12-9(7)8(10)3-2-5-11/h4,6,8,11H,2-3,5,10H2,1H3/t8-/m0/s1. The van der Waals surface area contributed by atoms with Gasteiger partial charge in [-0.25, -0.2) is 0 Å². The van der Waals surface area contributed by atoms with Gasteiger partial charge in [-0.05, 0) is 36.8 Å². The monoisotopic (exact) mass is 185 g/mol. The molecular weight excluding hydrogens is 170 g/mol. The summed E-state index contributed by atoms with van der Waals surface area (Å²) in [4.78, 5) is 1.25. The third kappa shape index (κ3) is 2.30. The average Bonchev–Trinajstić information content (AvgIpc) is 2.47. The van der Waals surface area contributed by atoms with E-state index in [1.54, 1.807) is 11.3 Å². The molecule has 0 aliphatic heterocycles. The van der Waals surface area contributed by atoms with Crippen LogP contribution >= 0.6 is 11.3 Å². The fourth-order valence-corrected chi connectivity index (χ4v) is 2.17. The van der Waals surface area contributed by atoms with Gasteiger partial charge in [0, 0.05) is 17.5 Å². The van der Waals surface area contributed by atoms with Gasteiger partial charge in [0.15, 0.2) is 0 Å². The molecule has 0 amide bonds. The highest BCUT2D eigenvalue weighted by Crippen LogP contribution is 2.24. The Morgan fingerprint density at radius 2 is 2.42 bits per heavy atom. The third-order valence-corrected chi connectivity index (χ3v) is 3.06. The number of thiophene rings is 1. The molecule has 1 aromatic heterocycles. The summed E-state index contributed by atoms with van der Waals surface area (Å²) in [6, 6.07) is 2.19. The van der Waals surface area contributed by atoms with Crippen molar-refractivity contribution in [1.29, 1.82) is 0 Å². The van der Waals surface area contributed by atoms with Crippen molar-refractivity contribution in [3.63, 3.8) is 0 Å². The lowest BCUT2D eigenvalue weighted by Crippen LogP contribution is -2.10.